The standard InChI is InChI=1S/C41H45F19N2O6Si/c1-22(2)69(23(3)4,19-16-34(44,45)35(46,47)36(48,49)37(50,51)38(52,53)39(54,55)40(56,57)41(58,59)60)67-18-17-66-28-13-10-26(11-14-28)32(25(6)9-7-8-24(5)20-31(63)62-65)68-33(64)61-30-15-12-27(42)21-29(30)43/h7-8,10-15,20-23,25,32,65H,9,16-19H2,1-6H3,(H,61,64)(H,62,63)/b8-7+,24-20+/t25-,32+/m0/s1. The van der Waals surface area contributed by atoms with Crippen LogP contribution >= 0.6 is 0 Å². The molecule has 0 bridgehead atoms. The molecule has 3 N–H and O–H groups in total. The minimum absolute atomic E-state index is 0.0421. The van der Waals surface area contributed by atoms with E-state index in [9.17, 15) is 84.2 Å². The molecule has 392 valence electrons. The van der Waals surface area contributed by atoms with Gasteiger partial charge in [-0.25, -0.2) is 19.1 Å². The molecule has 2 amide bonds. The highest BCUT2D eigenvalue weighted by Crippen LogP contribution is 2.64. The molecule has 2 aromatic rings. The van der Waals surface area contributed by atoms with Crippen molar-refractivity contribution in [2.75, 3.05) is 18.5 Å². The first kappa shape index (κ1) is 60.4. The number of nitrogens with one attached hydrogen (secondary N) is 2. The van der Waals surface area contributed by atoms with Gasteiger partial charge in [0.05, 0.1) is 12.3 Å². The highest BCUT2D eigenvalue weighted by atomic mass is 28.4. The van der Waals surface area contributed by atoms with Gasteiger partial charge in [-0.15, -0.1) is 0 Å². The fourth-order valence-electron chi connectivity index (χ4n) is 6.74. The zero-order valence-electron chi connectivity index (χ0n) is 36.8. The van der Waals surface area contributed by atoms with Gasteiger partial charge in [0.15, 0.2) is 8.32 Å². The number of halogens is 19. The summed E-state index contributed by atoms with van der Waals surface area (Å²) in [6, 6.07) is 6.36. The smallest absolute Gasteiger partial charge is 0.460 e. The van der Waals surface area contributed by atoms with Crippen molar-refractivity contribution in [2.45, 2.75) is 125 Å². The first-order valence-electron chi connectivity index (χ1n) is 20.0. The summed E-state index contributed by atoms with van der Waals surface area (Å²) in [6.07, 6.45) is -8.42. The second-order valence-electron chi connectivity index (χ2n) is 16.2. The SMILES string of the molecule is CC(/C=C/C[C@H](C)[C@@H](OC(=O)Nc1ccc(F)cc1F)c1ccc(OCCO[Si](CCC(F)(F)C(F)(F)C(F)(F)C(F)(F)C(F)(F)C(F)(F)C(F)(F)C(F)(F)F)(C(C)C)C(C)C)cc1)=C\C(=O)NO. The molecule has 0 saturated carbocycles. The van der Waals surface area contributed by atoms with Crippen molar-refractivity contribution >= 4 is 26.0 Å². The molecule has 8 nitrogen and oxygen atoms in total. The molecule has 0 spiro atoms. The highest BCUT2D eigenvalue weighted by Gasteiger charge is 2.95. The van der Waals surface area contributed by atoms with Gasteiger partial charge < -0.3 is 13.9 Å². The quantitative estimate of drug-likeness (QED) is 0.0184. The topological polar surface area (TPSA) is 106 Å². The normalized spacial score (nSPS) is 15.2. The van der Waals surface area contributed by atoms with Gasteiger partial charge in [-0.2, -0.15) is 74.6 Å². The summed E-state index contributed by atoms with van der Waals surface area (Å²) in [5.41, 5.74) is -0.177. The molecular weight excluding hydrogens is 1010 g/mol. The van der Waals surface area contributed by atoms with Crippen LogP contribution in [0.4, 0.5) is 93.9 Å². The average molecular weight is 1050 g/mol. The average Bonchev–Trinajstić information content (AvgIpc) is 3.22. The number of hydrogen-bond acceptors (Lipinski definition) is 6. The lowest BCUT2D eigenvalue weighted by molar-refractivity contribution is -0.461. The zero-order valence-corrected chi connectivity index (χ0v) is 37.8. The lowest BCUT2D eigenvalue weighted by Gasteiger charge is -2.44. The Hall–Kier alpha value is -4.73. The number of carbonyl (C=O) groups excluding carboxylic acids is 2. The van der Waals surface area contributed by atoms with E-state index < -0.39 is 134 Å². The van der Waals surface area contributed by atoms with Crippen molar-refractivity contribution < 1.29 is 112 Å². The van der Waals surface area contributed by atoms with Crippen LogP contribution in [0, 0.1) is 17.6 Å². The van der Waals surface area contributed by atoms with E-state index in [0.29, 0.717) is 17.2 Å². The third-order valence-electron chi connectivity index (χ3n) is 10.8. The van der Waals surface area contributed by atoms with E-state index >= 15 is 8.78 Å². The molecule has 0 aliphatic carbocycles. The van der Waals surface area contributed by atoms with Gasteiger partial charge in [0.1, 0.15) is 30.1 Å². The number of alkyl halides is 17. The third-order valence-corrected chi connectivity index (χ3v) is 16.5. The van der Waals surface area contributed by atoms with Gasteiger partial charge in [-0.3, -0.25) is 15.3 Å². The van der Waals surface area contributed by atoms with Crippen LogP contribution in [0.5, 0.6) is 5.75 Å². The largest absolute Gasteiger partial charge is 0.491 e. The monoisotopic (exact) mass is 1050 g/mol. The Morgan fingerprint density at radius 3 is 1.70 bits per heavy atom. The van der Waals surface area contributed by atoms with Gasteiger partial charge in [0.2, 0.25) is 0 Å². The maximum absolute atomic E-state index is 15.0. The van der Waals surface area contributed by atoms with Gasteiger partial charge >= 0.3 is 53.7 Å². The van der Waals surface area contributed by atoms with Gasteiger partial charge in [0.25, 0.3) is 5.91 Å². The van der Waals surface area contributed by atoms with Crippen molar-refractivity contribution in [1.29, 1.82) is 0 Å². The predicted molar refractivity (Wildman–Crippen MR) is 210 cm³/mol. The van der Waals surface area contributed by atoms with E-state index in [1.54, 1.807) is 13.0 Å². The van der Waals surface area contributed by atoms with Gasteiger partial charge in [0, 0.05) is 24.5 Å². The van der Waals surface area contributed by atoms with Gasteiger partial charge in [-0.1, -0.05) is 58.9 Å². The molecule has 0 aromatic heterocycles. The molecule has 2 aromatic carbocycles. The minimum atomic E-state index is -8.72. The van der Waals surface area contributed by atoms with Crippen molar-refractivity contribution in [3.63, 3.8) is 0 Å². The molecule has 2 atom stereocenters. The second kappa shape index (κ2) is 22.1. The van der Waals surface area contributed by atoms with Crippen molar-refractivity contribution in [3.05, 3.63) is 83.5 Å². The lowest BCUT2D eigenvalue weighted by Crippen LogP contribution is -2.74. The molecule has 0 unspecified atom stereocenters. The Kier molecular flexibility index (Phi) is 19.4. The summed E-state index contributed by atoms with van der Waals surface area (Å²) in [6.45, 7) is 7.23. The fourth-order valence-corrected chi connectivity index (χ4v) is 11.2. The number of carbonyl (C=O) groups is 2. The van der Waals surface area contributed by atoms with Crippen LogP contribution in [0.3, 0.4) is 0 Å². The summed E-state index contributed by atoms with van der Waals surface area (Å²) in [5.74, 6) is -60.4. The number of anilines is 1. The molecule has 0 heterocycles. The Labute approximate surface area is 382 Å². The number of hydrogen-bond donors (Lipinski definition) is 3. The van der Waals surface area contributed by atoms with E-state index in [2.05, 4.69) is 5.32 Å². The molecule has 0 saturated heterocycles. The molecule has 0 fully saturated rings. The fraction of sp³-hybridized carbons (Fsp3) is 0.561. The van der Waals surface area contributed by atoms with E-state index in [-0.39, 0.29) is 12.2 Å². The number of hydroxylamine groups is 1. The first-order valence-corrected chi connectivity index (χ1v) is 22.3. The van der Waals surface area contributed by atoms with Crippen molar-refractivity contribution in [1.82, 2.24) is 5.48 Å². The molecule has 2 rings (SSSR count). The van der Waals surface area contributed by atoms with Crippen molar-refractivity contribution in [3.8, 4) is 5.75 Å². The van der Waals surface area contributed by atoms with E-state index in [1.165, 1.54) is 70.4 Å². The molecule has 0 radical (unpaired) electrons. The molecule has 0 aliphatic rings. The van der Waals surface area contributed by atoms with Crippen LogP contribution in [0.25, 0.3) is 0 Å². The summed E-state index contributed by atoms with van der Waals surface area (Å²) >= 11 is 0. The molecule has 28 heteroatoms. The molecular formula is C41H45F19N2O6Si. The van der Waals surface area contributed by atoms with Crippen LogP contribution in [0.1, 0.15) is 66.1 Å². The van der Waals surface area contributed by atoms with Gasteiger partial charge in [-0.05, 0) is 65.9 Å². The number of rotatable bonds is 24. The summed E-state index contributed by atoms with van der Waals surface area (Å²) in [4.78, 5) is 24.3. The number of ether oxygens (including phenoxy) is 2. The van der Waals surface area contributed by atoms with Crippen LogP contribution in [-0.2, 0) is 14.0 Å². The Morgan fingerprint density at radius 1 is 0.710 bits per heavy atom. The molecule has 0 aliphatic heterocycles. The van der Waals surface area contributed by atoms with Crippen LogP contribution in [0.2, 0.25) is 17.1 Å². The maximum Gasteiger partial charge on any atom is 0.460 e. The first-order chi connectivity index (χ1) is 31.2. The number of amides is 2. The van der Waals surface area contributed by atoms with Crippen LogP contribution < -0.4 is 15.5 Å². The van der Waals surface area contributed by atoms with E-state index in [4.69, 9.17) is 19.1 Å². The number of benzene rings is 2. The second-order valence-corrected chi connectivity index (χ2v) is 21.2. The summed E-state index contributed by atoms with van der Waals surface area (Å²) in [7, 11) is -4.06. The predicted octanol–water partition coefficient (Wildman–Crippen LogP) is 13.8. The van der Waals surface area contributed by atoms with Crippen LogP contribution in [0.15, 0.2) is 66.3 Å². The Balaban J connectivity index is 2.33. The van der Waals surface area contributed by atoms with E-state index in [1.807, 2.05) is 0 Å². The van der Waals surface area contributed by atoms with E-state index in [0.717, 1.165) is 18.2 Å². The Bertz CT molecular complexity index is 2110. The summed E-state index contributed by atoms with van der Waals surface area (Å²) < 4.78 is 281. The van der Waals surface area contributed by atoms with Crippen LogP contribution in [-0.4, -0.2) is 86.4 Å². The number of allylic oxidation sites excluding steroid dienone is 3. The van der Waals surface area contributed by atoms with Crippen molar-refractivity contribution in [2.24, 2.45) is 5.92 Å². The minimum Gasteiger partial charge on any atom is -0.491 e. The zero-order chi connectivity index (χ0) is 53.6. The maximum atomic E-state index is 15.0. The Morgan fingerprint density at radius 2 is 1.22 bits per heavy atom. The third kappa shape index (κ3) is 12.8. The highest BCUT2D eigenvalue weighted by molar-refractivity contribution is 6.76. The summed E-state index contributed by atoms with van der Waals surface area (Å²) in [5, 5.41) is 10.9. The molecule has 69 heavy (non-hydrogen) atoms. The lowest BCUT2D eigenvalue weighted by atomic mass is 9.88.